The van der Waals surface area contributed by atoms with Gasteiger partial charge in [-0.1, -0.05) is 44.3 Å². The van der Waals surface area contributed by atoms with Crippen LogP contribution >= 0.6 is 12.2 Å². The summed E-state index contributed by atoms with van der Waals surface area (Å²) in [4.78, 5) is 4.57. The normalized spacial score (nSPS) is 11.9. The van der Waals surface area contributed by atoms with Gasteiger partial charge < -0.3 is 10.5 Å². The molecule has 0 saturated carbocycles. The number of hydrogen-bond acceptors (Lipinski definition) is 3. The van der Waals surface area contributed by atoms with Gasteiger partial charge in [0.05, 0.1) is 0 Å². The van der Waals surface area contributed by atoms with Crippen molar-refractivity contribution in [2.75, 3.05) is 0 Å². The van der Waals surface area contributed by atoms with Crippen LogP contribution in [0, 0.1) is 0 Å². The first-order chi connectivity index (χ1) is 9.61. The third kappa shape index (κ3) is 3.33. The molecule has 0 aliphatic heterocycles. The van der Waals surface area contributed by atoms with Gasteiger partial charge in [-0.2, -0.15) is 0 Å². The van der Waals surface area contributed by atoms with E-state index in [2.05, 4.69) is 24.9 Å². The smallest absolute Gasteiger partial charge is 0.219 e. The van der Waals surface area contributed by atoms with Gasteiger partial charge in [0.25, 0.3) is 0 Å². The van der Waals surface area contributed by atoms with Gasteiger partial charge in [-0.05, 0) is 30.0 Å². The van der Waals surface area contributed by atoms with E-state index in [0.29, 0.717) is 16.8 Å². The number of pyridine rings is 1. The first kappa shape index (κ1) is 14.5. The van der Waals surface area contributed by atoms with Gasteiger partial charge in [-0.15, -0.1) is 0 Å². The Morgan fingerprint density at radius 1 is 1.30 bits per heavy atom. The molecule has 0 spiro atoms. The zero-order chi connectivity index (χ0) is 14.5. The van der Waals surface area contributed by atoms with Crippen LogP contribution < -0.4 is 10.5 Å². The molecule has 1 aromatic heterocycles. The molecule has 0 saturated heterocycles. The predicted molar refractivity (Wildman–Crippen MR) is 85.3 cm³/mol. The lowest BCUT2D eigenvalue weighted by molar-refractivity contribution is 0.452. The quantitative estimate of drug-likeness (QED) is 0.843. The first-order valence-corrected chi connectivity index (χ1v) is 7.05. The Bertz CT molecular complexity index is 596. The van der Waals surface area contributed by atoms with Crippen molar-refractivity contribution >= 4 is 17.2 Å². The van der Waals surface area contributed by atoms with Gasteiger partial charge in [0, 0.05) is 17.8 Å². The van der Waals surface area contributed by atoms with Crippen LogP contribution in [-0.4, -0.2) is 9.97 Å². The molecule has 0 fully saturated rings. The Morgan fingerprint density at radius 2 is 2.05 bits per heavy atom. The molecule has 20 heavy (non-hydrogen) atoms. The van der Waals surface area contributed by atoms with E-state index in [4.69, 9.17) is 22.7 Å². The average molecular weight is 286 g/mol. The molecule has 0 bridgehead atoms. The number of ether oxygens (including phenoxy) is 1. The molecule has 104 valence electrons. The van der Waals surface area contributed by atoms with E-state index in [0.717, 1.165) is 17.7 Å². The van der Waals surface area contributed by atoms with Crippen molar-refractivity contribution in [3.05, 3.63) is 53.7 Å². The Balaban J connectivity index is 2.23. The molecule has 1 heterocycles. The summed E-state index contributed by atoms with van der Waals surface area (Å²) < 4.78 is 5.87. The van der Waals surface area contributed by atoms with E-state index in [-0.39, 0.29) is 0 Å². The molecule has 1 atom stereocenters. The van der Waals surface area contributed by atoms with Crippen LogP contribution in [-0.2, 0) is 0 Å². The monoisotopic (exact) mass is 286 g/mol. The molecule has 0 amide bonds. The fourth-order valence-corrected chi connectivity index (χ4v) is 2.02. The maximum absolute atomic E-state index is 5.87. The molecule has 0 aliphatic carbocycles. The van der Waals surface area contributed by atoms with Crippen molar-refractivity contribution in [2.45, 2.75) is 26.2 Å². The molecular weight excluding hydrogens is 268 g/mol. The Hall–Kier alpha value is -1.94. The molecule has 0 radical (unpaired) electrons. The Labute approximate surface area is 124 Å². The standard InChI is InChI=1S/C16H18N2OS/c1-3-11(2)13-6-4-5-7-14(13)19-15-9-8-12(10-18-15)16(17)20/h4-11H,3H2,1-2H3,(H2,17,20). The highest BCUT2D eigenvalue weighted by molar-refractivity contribution is 7.80. The number of nitrogens with two attached hydrogens (primary N) is 1. The largest absolute Gasteiger partial charge is 0.439 e. The zero-order valence-corrected chi connectivity index (χ0v) is 12.5. The van der Waals surface area contributed by atoms with Crippen LogP contribution in [0.25, 0.3) is 0 Å². The zero-order valence-electron chi connectivity index (χ0n) is 11.7. The molecular formula is C16H18N2OS. The minimum Gasteiger partial charge on any atom is -0.439 e. The lowest BCUT2D eigenvalue weighted by atomic mass is 9.98. The second-order valence-corrected chi connectivity index (χ2v) is 5.14. The fourth-order valence-electron chi connectivity index (χ4n) is 1.90. The predicted octanol–water partition coefficient (Wildman–Crippen LogP) is 4.02. The van der Waals surface area contributed by atoms with Gasteiger partial charge in [0.2, 0.25) is 5.88 Å². The molecule has 4 heteroatoms. The third-order valence-electron chi connectivity index (χ3n) is 3.30. The van der Waals surface area contributed by atoms with Crippen molar-refractivity contribution in [3.8, 4) is 11.6 Å². The summed E-state index contributed by atoms with van der Waals surface area (Å²) in [5.41, 5.74) is 7.48. The molecule has 2 rings (SSSR count). The van der Waals surface area contributed by atoms with Gasteiger partial charge in [0.1, 0.15) is 10.7 Å². The number of thiocarbonyl (C=S) groups is 1. The molecule has 0 aliphatic rings. The van der Waals surface area contributed by atoms with Crippen LogP contribution in [0.15, 0.2) is 42.6 Å². The van der Waals surface area contributed by atoms with Crippen LogP contribution in [0.3, 0.4) is 0 Å². The second-order valence-electron chi connectivity index (χ2n) is 4.70. The van der Waals surface area contributed by atoms with Crippen molar-refractivity contribution in [2.24, 2.45) is 5.73 Å². The van der Waals surface area contributed by atoms with Crippen LogP contribution in [0.5, 0.6) is 11.6 Å². The molecule has 3 nitrogen and oxygen atoms in total. The number of para-hydroxylation sites is 1. The van der Waals surface area contributed by atoms with Crippen molar-refractivity contribution in [1.29, 1.82) is 0 Å². The van der Waals surface area contributed by atoms with Gasteiger partial charge in [-0.25, -0.2) is 4.98 Å². The minimum absolute atomic E-state index is 0.337. The van der Waals surface area contributed by atoms with E-state index in [1.165, 1.54) is 5.56 Å². The van der Waals surface area contributed by atoms with Gasteiger partial charge in [0.15, 0.2) is 0 Å². The van der Waals surface area contributed by atoms with Crippen molar-refractivity contribution in [1.82, 2.24) is 4.98 Å². The van der Waals surface area contributed by atoms with E-state index in [9.17, 15) is 0 Å². The van der Waals surface area contributed by atoms with Gasteiger partial charge >= 0.3 is 0 Å². The maximum Gasteiger partial charge on any atom is 0.219 e. The minimum atomic E-state index is 0.337. The topological polar surface area (TPSA) is 48.1 Å². The second kappa shape index (κ2) is 6.48. The third-order valence-corrected chi connectivity index (χ3v) is 3.53. The average Bonchev–Trinajstić information content (AvgIpc) is 2.47. The van der Waals surface area contributed by atoms with Crippen LogP contribution in [0.1, 0.15) is 37.3 Å². The number of nitrogens with zero attached hydrogens (tertiary/aromatic N) is 1. The number of rotatable bonds is 5. The molecule has 2 N–H and O–H groups in total. The van der Waals surface area contributed by atoms with E-state index in [1.807, 2.05) is 24.3 Å². The fraction of sp³-hybridized carbons (Fsp3) is 0.250. The van der Waals surface area contributed by atoms with E-state index < -0.39 is 0 Å². The Kier molecular flexibility index (Phi) is 4.69. The summed E-state index contributed by atoms with van der Waals surface area (Å²) in [7, 11) is 0. The van der Waals surface area contributed by atoms with Crippen molar-refractivity contribution in [3.63, 3.8) is 0 Å². The number of hydrogen-bond donors (Lipinski definition) is 1. The highest BCUT2D eigenvalue weighted by atomic mass is 32.1. The molecule has 2 aromatic rings. The van der Waals surface area contributed by atoms with Crippen molar-refractivity contribution < 1.29 is 4.74 Å². The summed E-state index contributed by atoms with van der Waals surface area (Å²) in [6.07, 6.45) is 2.69. The summed E-state index contributed by atoms with van der Waals surface area (Å²) in [5.74, 6) is 1.83. The number of benzene rings is 1. The molecule has 1 aromatic carbocycles. The van der Waals surface area contributed by atoms with E-state index in [1.54, 1.807) is 12.3 Å². The number of aromatic nitrogens is 1. The summed E-state index contributed by atoms with van der Waals surface area (Å²) in [6, 6.07) is 11.6. The summed E-state index contributed by atoms with van der Waals surface area (Å²) in [5, 5.41) is 0. The maximum atomic E-state index is 5.87. The Morgan fingerprint density at radius 3 is 2.65 bits per heavy atom. The lowest BCUT2D eigenvalue weighted by Gasteiger charge is -2.14. The highest BCUT2D eigenvalue weighted by Crippen LogP contribution is 2.31. The summed E-state index contributed by atoms with van der Waals surface area (Å²) in [6.45, 7) is 4.35. The first-order valence-electron chi connectivity index (χ1n) is 6.64. The van der Waals surface area contributed by atoms with Crippen LogP contribution in [0.2, 0.25) is 0 Å². The lowest BCUT2D eigenvalue weighted by Crippen LogP contribution is -2.09. The highest BCUT2D eigenvalue weighted by Gasteiger charge is 2.10. The van der Waals surface area contributed by atoms with Crippen LogP contribution in [0.4, 0.5) is 0 Å². The summed E-state index contributed by atoms with van der Waals surface area (Å²) >= 11 is 4.90. The van der Waals surface area contributed by atoms with E-state index >= 15 is 0 Å². The molecule has 1 unspecified atom stereocenters. The SMILES string of the molecule is CCC(C)c1ccccc1Oc1ccc(C(N)=S)cn1. The van der Waals surface area contributed by atoms with Gasteiger partial charge in [-0.3, -0.25) is 0 Å².